The lowest BCUT2D eigenvalue weighted by Crippen LogP contribution is -2.15. The number of hydrogen-bond donors (Lipinski definition) is 1. The molecule has 0 fully saturated rings. The number of amides is 1. The fourth-order valence-corrected chi connectivity index (χ4v) is 1.94. The van der Waals surface area contributed by atoms with E-state index < -0.39 is 11.8 Å². The summed E-state index contributed by atoms with van der Waals surface area (Å²) in [4.78, 5) is 23.4. The van der Waals surface area contributed by atoms with Crippen molar-refractivity contribution < 1.29 is 23.5 Å². The van der Waals surface area contributed by atoms with Crippen LogP contribution in [0.2, 0.25) is 0 Å². The van der Waals surface area contributed by atoms with Crippen LogP contribution in [-0.2, 0) is 9.53 Å². The van der Waals surface area contributed by atoms with Crippen LogP contribution in [0.15, 0.2) is 48.5 Å². The number of anilines is 1. The molecule has 1 N–H and O–H groups in total. The number of nitrogens with one attached hydrogen (secondary N) is 1. The second-order valence-corrected chi connectivity index (χ2v) is 4.87. The number of ether oxygens (including phenoxy) is 2. The minimum Gasteiger partial charge on any atom is -0.490 e. The number of rotatable bonds is 7. The van der Waals surface area contributed by atoms with Gasteiger partial charge in [0.05, 0.1) is 25.2 Å². The maximum absolute atomic E-state index is 13.4. The van der Waals surface area contributed by atoms with Gasteiger partial charge in [-0.1, -0.05) is 12.1 Å². The predicted octanol–water partition coefficient (Wildman–Crippen LogP) is 3.41. The SMILES string of the molecule is CCOC(=O)c1ccc(NC(=O)CCOc2ccccc2F)cc1. The Morgan fingerprint density at radius 3 is 2.46 bits per heavy atom. The molecule has 126 valence electrons. The van der Waals surface area contributed by atoms with E-state index in [1.165, 1.54) is 12.1 Å². The van der Waals surface area contributed by atoms with Crippen molar-refractivity contribution in [2.75, 3.05) is 18.5 Å². The fraction of sp³-hybridized carbons (Fsp3) is 0.222. The Bertz CT molecular complexity index is 700. The molecule has 2 aromatic rings. The summed E-state index contributed by atoms with van der Waals surface area (Å²) in [5.74, 6) is -1.03. The number of esters is 1. The summed E-state index contributed by atoms with van der Waals surface area (Å²) in [5.41, 5.74) is 0.969. The Kier molecular flexibility index (Phi) is 6.31. The van der Waals surface area contributed by atoms with Gasteiger partial charge in [0.1, 0.15) is 0 Å². The van der Waals surface area contributed by atoms with Gasteiger partial charge in [0, 0.05) is 5.69 Å². The Labute approximate surface area is 139 Å². The van der Waals surface area contributed by atoms with Crippen LogP contribution in [-0.4, -0.2) is 25.1 Å². The van der Waals surface area contributed by atoms with Crippen molar-refractivity contribution in [3.63, 3.8) is 0 Å². The van der Waals surface area contributed by atoms with Gasteiger partial charge >= 0.3 is 5.97 Å². The maximum atomic E-state index is 13.4. The first-order valence-corrected chi connectivity index (χ1v) is 7.54. The van der Waals surface area contributed by atoms with E-state index in [-0.39, 0.29) is 24.7 Å². The molecule has 0 aliphatic heterocycles. The second kappa shape index (κ2) is 8.67. The number of benzene rings is 2. The highest BCUT2D eigenvalue weighted by Gasteiger charge is 2.08. The molecule has 0 atom stereocenters. The summed E-state index contributed by atoms with van der Waals surface area (Å²) in [7, 11) is 0. The summed E-state index contributed by atoms with van der Waals surface area (Å²) in [6.07, 6.45) is 0.0773. The molecule has 6 heteroatoms. The summed E-state index contributed by atoms with van der Waals surface area (Å²) >= 11 is 0. The molecule has 0 bridgehead atoms. The third-order valence-corrected chi connectivity index (χ3v) is 3.10. The normalized spacial score (nSPS) is 10.1. The van der Waals surface area contributed by atoms with Gasteiger partial charge in [-0.05, 0) is 43.3 Å². The molecule has 2 aromatic carbocycles. The third kappa shape index (κ3) is 5.08. The van der Waals surface area contributed by atoms with Gasteiger partial charge in [0.2, 0.25) is 5.91 Å². The van der Waals surface area contributed by atoms with Gasteiger partial charge in [-0.15, -0.1) is 0 Å². The number of para-hydroxylation sites is 1. The van der Waals surface area contributed by atoms with E-state index >= 15 is 0 Å². The van der Waals surface area contributed by atoms with Gasteiger partial charge in [0.15, 0.2) is 11.6 Å². The molecule has 0 unspecified atom stereocenters. The first-order chi connectivity index (χ1) is 11.6. The van der Waals surface area contributed by atoms with E-state index in [9.17, 15) is 14.0 Å². The Balaban J connectivity index is 1.80. The highest BCUT2D eigenvalue weighted by molar-refractivity contribution is 5.93. The van der Waals surface area contributed by atoms with Crippen molar-refractivity contribution in [1.29, 1.82) is 0 Å². The lowest BCUT2D eigenvalue weighted by Gasteiger charge is -2.08. The predicted molar refractivity (Wildman–Crippen MR) is 87.5 cm³/mol. The summed E-state index contributed by atoms with van der Waals surface area (Å²) in [6, 6.07) is 12.4. The second-order valence-electron chi connectivity index (χ2n) is 4.87. The number of carbonyl (C=O) groups is 2. The molecular formula is C18H18FNO4. The monoisotopic (exact) mass is 331 g/mol. The molecule has 0 aliphatic carbocycles. The number of hydrogen-bond acceptors (Lipinski definition) is 4. The molecule has 0 spiro atoms. The van der Waals surface area contributed by atoms with Crippen molar-refractivity contribution in [1.82, 2.24) is 0 Å². The topological polar surface area (TPSA) is 64.6 Å². The summed E-state index contributed by atoms with van der Waals surface area (Å²) < 4.78 is 23.5. The number of halogens is 1. The molecule has 0 heterocycles. The first-order valence-electron chi connectivity index (χ1n) is 7.54. The van der Waals surface area contributed by atoms with E-state index in [1.54, 1.807) is 43.3 Å². The highest BCUT2D eigenvalue weighted by Crippen LogP contribution is 2.16. The summed E-state index contributed by atoms with van der Waals surface area (Å²) in [6.45, 7) is 2.10. The Morgan fingerprint density at radius 1 is 1.08 bits per heavy atom. The van der Waals surface area contributed by atoms with Crippen molar-refractivity contribution in [3.05, 3.63) is 59.9 Å². The minimum absolute atomic E-state index is 0.0632. The zero-order chi connectivity index (χ0) is 17.4. The first kappa shape index (κ1) is 17.5. The quantitative estimate of drug-likeness (QED) is 0.790. The van der Waals surface area contributed by atoms with E-state index in [0.29, 0.717) is 17.9 Å². The minimum atomic E-state index is -0.465. The smallest absolute Gasteiger partial charge is 0.338 e. The summed E-state index contributed by atoms with van der Waals surface area (Å²) in [5, 5.41) is 2.68. The van der Waals surface area contributed by atoms with Crippen molar-refractivity contribution in [3.8, 4) is 5.75 Å². The standard InChI is InChI=1S/C18H18FNO4/c1-2-23-18(22)13-7-9-14(10-8-13)20-17(21)11-12-24-16-6-4-3-5-15(16)19/h3-10H,2,11-12H2,1H3,(H,20,21). The molecular weight excluding hydrogens is 313 g/mol. The lowest BCUT2D eigenvalue weighted by molar-refractivity contribution is -0.116. The van der Waals surface area contributed by atoms with Crippen LogP contribution in [0.1, 0.15) is 23.7 Å². The molecule has 0 saturated carbocycles. The average molecular weight is 331 g/mol. The van der Waals surface area contributed by atoms with Gasteiger partial charge < -0.3 is 14.8 Å². The van der Waals surface area contributed by atoms with Crippen molar-refractivity contribution in [2.24, 2.45) is 0 Å². The zero-order valence-electron chi connectivity index (χ0n) is 13.3. The van der Waals surface area contributed by atoms with Crippen LogP contribution in [0, 0.1) is 5.82 Å². The van der Waals surface area contributed by atoms with Gasteiger partial charge in [0.25, 0.3) is 0 Å². The third-order valence-electron chi connectivity index (χ3n) is 3.10. The Morgan fingerprint density at radius 2 is 1.79 bits per heavy atom. The number of carbonyl (C=O) groups excluding carboxylic acids is 2. The van der Waals surface area contributed by atoms with Crippen molar-refractivity contribution in [2.45, 2.75) is 13.3 Å². The van der Waals surface area contributed by atoms with E-state index in [4.69, 9.17) is 9.47 Å². The van der Waals surface area contributed by atoms with Crippen LogP contribution in [0.5, 0.6) is 5.75 Å². The molecule has 0 aromatic heterocycles. The molecule has 2 rings (SSSR count). The van der Waals surface area contributed by atoms with Gasteiger partial charge in [-0.25, -0.2) is 9.18 Å². The molecule has 0 aliphatic rings. The van der Waals surface area contributed by atoms with E-state index in [2.05, 4.69) is 5.32 Å². The van der Waals surface area contributed by atoms with Crippen molar-refractivity contribution >= 4 is 17.6 Å². The van der Waals surface area contributed by atoms with E-state index in [1.807, 2.05) is 0 Å². The van der Waals surface area contributed by atoms with Crippen LogP contribution in [0.4, 0.5) is 10.1 Å². The van der Waals surface area contributed by atoms with Crippen LogP contribution in [0.25, 0.3) is 0 Å². The van der Waals surface area contributed by atoms with Crippen LogP contribution < -0.4 is 10.1 Å². The maximum Gasteiger partial charge on any atom is 0.338 e. The molecule has 0 saturated heterocycles. The molecule has 1 amide bonds. The fourth-order valence-electron chi connectivity index (χ4n) is 1.94. The molecule has 0 radical (unpaired) electrons. The van der Waals surface area contributed by atoms with Gasteiger partial charge in [-0.2, -0.15) is 0 Å². The van der Waals surface area contributed by atoms with Crippen LogP contribution in [0.3, 0.4) is 0 Å². The average Bonchev–Trinajstić information content (AvgIpc) is 2.57. The van der Waals surface area contributed by atoms with E-state index in [0.717, 1.165) is 0 Å². The highest BCUT2D eigenvalue weighted by atomic mass is 19.1. The zero-order valence-corrected chi connectivity index (χ0v) is 13.3. The largest absolute Gasteiger partial charge is 0.490 e. The lowest BCUT2D eigenvalue weighted by atomic mass is 10.2. The van der Waals surface area contributed by atoms with Gasteiger partial charge in [-0.3, -0.25) is 4.79 Å². The molecule has 24 heavy (non-hydrogen) atoms. The van der Waals surface area contributed by atoms with Crippen LogP contribution >= 0.6 is 0 Å². The Hall–Kier alpha value is -2.89. The molecule has 5 nitrogen and oxygen atoms in total.